The van der Waals surface area contributed by atoms with Crippen LogP contribution < -0.4 is 0 Å². The minimum atomic E-state index is -6.68. The van der Waals surface area contributed by atoms with Crippen molar-refractivity contribution in [1.82, 2.24) is 0 Å². The van der Waals surface area contributed by atoms with E-state index < -0.39 is 59.6 Å². The normalized spacial score (nSPS) is 29.0. The maximum atomic E-state index is 13.6. The van der Waals surface area contributed by atoms with Gasteiger partial charge in [-0.1, -0.05) is 20.8 Å². The Hall–Kier alpha value is -0.860. The highest BCUT2D eigenvalue weighted by atomic mass is 32.2. The van der Waals surface area contributed by atoms with Gasteiger partial charge in [-0.3, -0.25) is 9.35 Å². The van der Waals surface area contributed by atoms with Crippen LogP contribution in [0.1, 0.15) is 34.1 Å². The minimum Gasteiger partial charge on any atom is -0.298 e. The van der Waals surface area contributed by atoms with Crippen molar-refractivity contribution in [2.75, 3.05) is 0 Å². The largest absolute Gasteiger partial charge is 0.423 e. The van der Waals surface area contributed by atoms with Gasteiger partial charge in [0.05, 0.1) is 0 Å². The van der Waals surface area contributed by atoms with Gasteiger partial charge in [-0.05, 0) is 18.3 Å². The van der Waals surface area contributed by atoms with Gasteiger partial charge in [0.1, 0.15) is 0 Å². The molecular formula is C12H17F5O7S2. The van der Waals surface area contributed by atoms with Crippen molar-refractivity contribution < 1.29 is 52.3 Å². The fourth-order valence-electron chi connectivity index (χ4n) is 2.68. The van der Waals surface area contributed by atoms with Crippen LogP contribution in [-0.4, -0.2) is 49.5 Å². The predicted molar refractivity (Wildman–Crippen MR) is 77.3 cm³/mol. The molecule has 1 N–H and O–H groups in total. The van der Waals surface area contributed by atoms with E-state index in [-0.39, 0.29) is 6.42 Å². The fourth-order valence-corrected chi connectivity index (χ4v) is 5.08. The minimum absolute atomic E-state index is 0.364. The summed E-state index contributed by atoms with van der Waals surface area (Å²) < 4.78 is 121. The summed E-state index contributed by atoms with van der Waals surface area (Å²) in [5.74, 6) is -1.71. The highest BCUT2D eigenvalue weighted by molar-refractivity contribution is 7.89. The van der Waals surface area contributed by atoms with Crippen LogP contribution in [0.3, 0.4) is 0 Å². The number of hydrogen-bond donors (Lipinski definition) is 1. The molecule has 0 heterocycles. The molecule has 0 aromatic carbocycles. The summed E-state index contributed by atoms with van der Waals surface area (Å²) in [6, 6.07) is 0. The highest BCUT2D eigenvalue weighted by Crippen LogP contribution is 2.53. The van der Waals surface area contributed by atoms with E-state index in [2.05, 4.69) is 4.18 Å². The number of carbonyl (C=O) groups excluding carboxylic acids is 1. The Labute approximate surface area is 146 Å². The van der Waals surface area contributed by atoms with Gasteiger partial charge in [-0.2, -0.15) is 38.8 Å². The second-order valence-corrected chi connectivity index (χ2v) is 10.2. The standard InChI is InChI=1S/C12H17F5O7S2/c1-6-5-7(18)10(4,9(6,2)3)26(22,23)24-8(11(13,14)15)12(16,17)25(19,20)21/h6,8H,5H2,1-4H3,(H,19,20,21). The van der Waals surface area contributed by atoms with Crippen molar-refractivity contribution in [2.24, 2.45) is 11.3 Å². The summed E-state index contributed by atoms with van der Waals surface area (Å²) in [4.78, 5) is 12.2. The van der Waals surface area contributed by atoms with Crippen molar-refractivity contribution in [2.45, 2.75) is 56.4 Å². The zero-order valence-electron chi connectivity index (χ0n) is 14.0. The van der Waals surface area contributed by atoms with Gasteiger partial charge in [0.25, 0.3) is 16.2 Å². The lowest BCUT2D eigenvalue weighted by Crippen LogP contribution is -2.57. The summed E-state index contributed by atoms with van der Waals surface area (Å²) >= 11 is 0. The van der Waals surface area contributed by atoms with Crippen LogP contribution >= 0.6 is 0 Å². The molecule has 0 aromatic rings. The number of ketones is 1. The molecule has 7 nitrogen and oxygen atoms in total. The summed E-state index contributed by atoms with van der Waals surface area (Å²) in [6.07, 6.45) is -11.3. The molecule has 14 heteroatoms. The Bertz CT molecular complexity index is 800. The lowest BCUT2D eigenvalue weighted by Gasteiger charge is -2.39. The highest BCUT2D eigenvalue weighted by Gasteiger charge is 2.70. The molecule has 0 amide bonds. The lowest BCUT2D eigenvalue weighted by atomic mass is 9.76. The van der Waals surface area contributed by atoms with Crippen LogP contribution in [0.25, 0.3) is 0 Å². The van der Waals surface area contributed by atoms with Gasteiger partial charge in [0, 0.05) is 6.42 Å². The Kier molecular flexibility index (Phi) is 5.41. The molecule has 154 valence electrons. The van der Waals surface area contributed by atoms with Crippen LogP contribution in [-0.2, 0) is 29.2 Å². The summed E-state index contributed by atoms with van der Waals surface area (Å²) in [6.45, 7) is 4.62. The first-order valence-corrected chi connectivity index (χ1v) is 9.86. The molecule has 0 saturated heterocycles. The van der Waals surface area contributed by atoms with Gasteiger partial charge < -0.3 is 0 Å². The molecule has 3 atom stereocenters. The number of rotatable bonds is 5. The van der Waals surface area contributed by atoms with Crippen molar-refractivity contribution in [3.05, 3.63) is 0 Å². The third-order valence-electron chi connectivity index (χ3n) is 5.15. The third kappa shape index (κ3) is 3.24. The van der Waals surface area contributed by atoms with Crippen molar-refractivity contribution in [3.8, 4) is 0 Å². The van der Waals surface area contributed by atoms with Gasteiger partial charge in [-0.25, -0.2) is 4.18 Å². The monoisotopic (exact) mass is 432 g/mol. The second kappa shape index (κ2) is 6.07. The van der Waals surface area contributed by atoms with Gasteiger partial charge in [0.15, 0.2) is 10.5 Å². The lowest BCUT2D eigenvalue weighted by molar-refractivity contribution is -0.238. The average Bonchev–Trinajstić information content (AvgIpc) is 2.55. The van der Waals surface area contributed by atoms with E-state index in [1.165, 1.54) is 20.8 Å². The van der Waals surface area contributed by atoms with Crippen LogP contribution in [0.4, 0.5) is 22.0 Å². The quantitative estimate of drug-likeness (QED) is 0.402. The molecule has 1 fully saturated rings. The van der Waals surface area contributed by atoms with Crippen LogP contribution in [0.5, 0.6) is 0 Å². The Morgan fingerprint density at radius 3 is 1.81 bits per heavy atom. The first-order chi connectivity index (χ1) is 11.1. The molecule has 0 radical (unpaired) electrons. The Morgan fingerprint density at radius 1 is 1.12 bits per heavy atom. The van der Waals surface area contributed by atoms with Crippen LogP contribution in [0, 0.1) is 11.3 Å². The SMILES string of the molecule is CC1CC(=O)C(C)(S(=O)(=O)OC(C(F)(F)F)C(F)(F)S(=O)(=O)O)C1(C)C. The first kappa shape index (κ1) is 23.2. The molecular weight excluding hydrogens is 415 g/mol. The molecule has 26 heavy (non-hydrogen) atoms. The zero-order valence-corrected chi connectivity index (χ0v) is 15.6. The van der Waals surface area contributed by atoms with Crippen molar-refractivity contribution in [3.63, 3.8) is 0 Å². The maximum absolute atomic E-state index is 13.6. The van der Waals surface area contributed by atoms with Crippen LogP contribution in [0.2, 0.25) is 0 Å². The summed E-state index contributed by atoms with van der Waals surface area (Å²) in [5.41, 5.74) is -1.51. The maximum Gasteiger partial charge on any atom is 0.423 e. The molecule has 0 aliphatic heterocycles. The molecule has 1 saturated carbocycles. The number of Topliss-reactive ketones (excluding diaryl/α,β-unsaturated/α-hetero) is 1. The molecule has 1 aliphatic carbocycles. The van der Waals surface area contributed by atoms with E-state index in [1.54, 1.807) is 0 Å². The average molecular weight is 432 g/mol. The van der Waals surface area contributed by atoms with E-state index in [0.29, 0.717) is 0 Å². The van der Waals surface area contributed by atoms with Crippen molar-refractivity contribution >= 4 is 26.0 Å². The van der Waals surface area contributed by atoms with Gasteiger partial charge in [-0.15, -0.1) is 0 Å². The summed E-state index contributed by atoms with van der Waals surface area (Å²) in [7, 11) is -12.4. The number of carbonyl (C=O) groups is 1. The third-order valence-corrected chi connectivity index (χ3v) is 8.26. The predicted octanol–water partition coefficient (Wildman–Crippen LogP) is 2.14. The molecule has 1 aliphatic rings. The zero-order chi connectivity index (χ0) is 21.1. The van der Waals surface area contributed by atoms with E-state index in [4.69, 9.17) is 4.55 Å². The van der Waals surface area contributed by atoms with Gasteiger partial charge >= 0.3 is 21.5 Å². The first-order valence-electron chi connectivity index (χ1n) is 7.01. The van der Waals surface area contributed by atoms with Gasteiger partial charge in [0.2, 0.25) is 0 Å². The number of hydrogen-bond acceptors (Lipinski definition) is 6. The molecule has 0 bridgehead atoms. The van der Waals surface area contributed by atoms with E-state index in [1.807, 2.05) is 0 Å². The number of alkyl halides is 5. The van der Waals surface area contributed by atoms with Crippen LogP contribution in [0.15, 0.2) is 0 Å². The topological polar surface area (TPSA) is 115 Å². The molecule has 3 unspecified atom stereocenters. The van der Waals surface area contributed by atoms with E-state index in [9.17, 15) is 43.6 Å². The van der Waals surface area contributed by atoms with E-state index in [0.717, 1.165) is 6.92 Å². The molecule has 0 spiro atoms. The Balaban J connectivity index is 3.56. The fraction of sp³-hybridized carbons (Fsp3) is 0.917. The second-order valence-electron chi connectivity index (χ2n) is 6.79. The molecule has 1 rings (SSSR count). The smallest absolute Gasteiger partial charge is 0.298 e. The van der Waals surface area contributed by atoms with E-state index >= 15 is 0 Å². The van der Waals surface area contributed by atoms with Crippen molar-refractivity contribution in [1.29, 1.82) is 0 Å². The number of halogens is 5. The molecule has 0 aromatic heterocycles. The summed E-state index contributed by atoms with van der Waals surface area (Å²) in [5, 5.41) is -6.02. The Morgan fingerprint density at radius 2 is 1.54 bits per heavy atom.